The molecule has 0 amide bonds. The average Bonchev–Trinajstić information content (AvgIpc) is 2.27. The second kappa shape index (κ2) is 6.89. The van der Waals surface area contributed by atoms with Gasteiger partial charge in [-0.2, -0.15) is 0 Å². The number of hydrogen-bond acceptors (Lipinski definition) is 3. The second-order valence-corrected chi connectivity index (χ2v) is 4.40. The molecule has 0 heterocycles. The lowest BCUT2D eigenvalue weighted by Crippen LogP contribution is -2.17. The van der Waals surface area contributed by atoms with Gasteiger partial charge in [0.1, 0.15) is 12.4 Å². The number of halogens is 1. The van der Waals surface area contributed by atoms with Crippen molar-refractivity contribution in [1.29, 1.82) is 0 Å². The smallest absolute Gasteiger partial charge is 0.133 e. The van der Waals surface area contributed by atoms with Gasteiger partial charge >= 0.3 is 0 Å². The van der Waals surface area contributed by atoms with E-state index in [0.29, 0.717) is 12.6 Å². The molecule has 2 N–H and O–H groups in total. The van der Waals surface area contributed by atoms with Gasteiger partial charge < -0.3 is 15.2 Å². The zero-order valence-electron chi connectivity index (χ0n) is 9.66. The van der Waals surface area contributed by atoms with Crippen molar-refractivity contribution in [3.05, 3.63) is 28.2 Å². The maximum absolute atomic E-state index is 8.68. The fourth-order valence-corrected chi connectivity index (χ4v) is 1.99. The molecule has 1 rings (SSSR count). The molecular weight excluding hydrogens is 270 g/mol. The quantitative estimate of drug-likeness (QED) is 0.845. The topological polar surface area (TPSA) is 41.5 Å². The maximum Gasteiger partial charge on any atom is 0.133 e. The molecule has 1 unspecified atom stereocenters. The first kappa shape index (κ1) is 13.5. The first-order valence-corrected chi connectivity index (χ1v) is 6.24. The predicted molar refractivity (Wildman–Crippen MR) is 68.8 cm³/mol. The number of ether oxygens (including phenoxy) is 1. The Morgan fingerprint density at radius 2 is 2.25 bits per heavy atom. The molecule has 0 aromatic heterocycles. The third-order valence-corrected chi connectivity index (χ3v) is 2.93. The van der Waals surface area contributed by atoms with Gasteiger partial charge in [0.2, 0.25) is 0 Å². The number of rotatable bonds is 6. The van der Waals surface area contributed by atoms with Gasteiger partial charge in [0, 0.05) is 6.04 Å². The van der Waals surface area contributed by atoms with Gasteiger partial charge in [0.15, 0.2) is 0 Å². The number of hydrogen-bond donors (Lipinski definition) is 2. The van der Waals surface area contributed by atoms with E-state index in [1.54, 1.807) is 0 Å². The minimum atomic E-state index is 0.0297. The fourth-order valence-electron chi connectivity index (χ4n) is 1.48. The van der Waals surface area contributed by atoms with Gasteiger partial charge in [0.05, 0.1) is 11.1 Å². The molecule has 0 fully saturated rings. The Kier molecular flexibility index (Phi) is 5.80. The van der Waals surface area contributed by atoms with Crippen molar-refractivity contribution < 1.29 is 9.84 Å². The molecule has 0 aliphatic heterocycles. The Balaban J connectivity index is 2.73. The van der Waals surface area contributed by atoms with Crippen molar-refractivity contribution in [2.75, 3.05) is 19.8 Å². The van der Waals surface area contributed by atoms with E-state index < -0.39 is 0 Å². The van der Waals surface area contributed by atoms with Crippen LogP contribution in [0.4, 0.5) is 0 Å². The molecule has 1 aromatic carbocycles. The molecule has 0 bridgehead atoms. The summed E-state index contributed by atoms with van der Waals surface area (Å²) < 4.78 is 6.28. The summed E-state index contributed by atoms with van der Waals surface area (Å²) in [4.78, 5) is 0. The molecule has 0 saturated carbocycles. The predicted octanol–water partition coefficient (Wildman–Crippen LogP) is 2.49. The van der Waals surface area contributed by atoms with Crippen molar-refractivity contribution in [3.8, 4) is 5.75 Å². The normalized spacial score (nSPS) is 12.5. The minimum Gasteiger partial charge on any atom is -0.490 e. The minimum absolute atomic E-state index is 0.0297. The van der Waals surface area contributed by atoms with Crippen LogP contribution in [0.15, 0.2) is 22.7 Å². The summed E-state index contributed by atoms with van der Waals surface area (Å²) in [5, 5.41) is 12.0. The number of nitrogens with one attached hydrogen (secondary N) is 1. The summed E-state index contributed by atoms with van der Waals surface area (Å²) in [7, 11) is 0. The largest absolute Gasteiger partial charge is 0.490 e. The molecule has 0 aliphatic rings. The fraction of sp³-hybridized carbons (Fsp3) is 0.500. The van der Waals surface area contributed by atoms with E-state index in [0.717, 1.165) is 16.8 Å². The summed E-state index contributed by atoms with van der Waals surface area (Å²) in [6.45, 7) is 5.51. The van der Waals surface area contributed by atoms with Gasteiger partial charge in [-0.3, -0.25) is 0 Å². The van der Waals surface area contributed by atoms with E-state index in [1.807, 2.05) is 18.2 Å². The first-order chi connectivity index (χ1) is 7.69. The SMILES string of the molecule is CCNC(C)c1ccc(OCCO)c(Br)c1. The molecule has 1 atom stereocenters. The standard InChI is InChI=1S/C12H18BrNO2/c1-3-14-9(2)10-4-5-12(11(13)8-10)16-7-6-15/h4-5,8-9,14-15H,3,6-7H2,1-2H3. The zero-order valence-corrected chi connectivity index (χ0v) is 11.3. The van der Waals surface area contributed by atoms with Crippen molar-refractivity contribution in [1.82, 2.24) is 5.32 Å². The van der Waals surface area contributed by atoms with E-state index in [4.69, 9.17) is 9.84 Å². The van der Waals surface area contributed by atoms with E-state index in [1.165, 1.54) is 5.56 Å². The first-order valence-electron chi connectivity index (χ1n) is 5.45. The van der Waals surface area contributed by atoms with Crippen molar-refractivity contribution in [2.24, 2.45) is 0 Å². The van der Waals surface area contributed by atoms with Gasteiger partial charge in [-0.1, -0.05) is 13.0 Å². The van der Waals surface area contributed by atoms with Crippen LogP contribution >= 0.6 is 15.9 Å². The summed E-state index contributed by atoms with van der Waals surface area (Å²) in [5.74, 6) is 0.765. The molecule has 16 heavy (non-hydrogen) atoms. The Morgan fingerprint density at radius 3 is 2.81 bits per heavy atom. The molecule has 0 saturated heterocycles. The van der Waals surface area contributed by atoms with Gasteiger partial charge in [-0.25, -0.2) is 0 Å². The van der Waals surface area contributed by atoms with Crippen LogP contribution in [0, 0.1) is 0 Å². The monoisotopic (exact) mass is 287 g/mol. The van der Waals surface area contributed by atoms with Gasteiger partial charge in [-0.15, -0.1) is 0 Å². The van der Waals surface area contributed by atoms with Gasteiger partial charge in [0.25, 0.3) is 0 Å². The molecule has 0 radical (unpaired) electrons. The van der Waals surface area contributed by atoms with E-state index >= 15 is 0 Å². The summed E-state index contributed by atoms with van der Waals surface area (Å²) >= 11 is 3.46. The Labute approximate surface area is 105 Å². The number of benzene rings is 1. The van der Waals surface area contributed by atoms with E-state index in [2.05, 4.69) is 35.1 Å². The summed E-state index contributed by atoms with van der Waals surface area (Å²) in [6, 6.07) is 6.32. The van der Waals surface area contributed by atoms with Crippen LogP contribution in [0.3, 0.4) is 0 Å². The number of aliphatic hydroxyl groups is 1. The zero-order chi connectivity index (χ0) is 12.0. The van der Waals surface area contributed by atoms with Crippen molar-refractivity contribution in [2.45, 2.75) is 19.9 Å². The van der Waals surface area contributed by atoms with Crippen LogP contribution < -0.4 is 10.1 Å². The number of aliphatic hydroxyl groups excluding tert-OH is 1. The maximum atomic E-state index is 8.68. The third-order valence-electron chi connectivity index (χ3n) is 2.32. The van der Waals surface area contributed by atoms with Crippen molar-refractivity contribution in [3.63, 3.8) is 0 Å². The lowest BCUT2D eigenvalue weighted by atomic mass is 10.1. The van der Waals surface area contributed by atoms with E-state index in [9.17, 15) is 0 Å². The molecule has 0 aliphatic carbocycles. The van der Waals surface area contributed by atoms with Crippen LogP contribution in [0.5, 0.6) is 5.75 Å². The second-order valence-electron chi connectivity index (χ2n) is 3.54. The van der Waals surface area contributed by atoms with Gasteiger partial charge in [-0.05, 0) is 47.1 Å². The van der Waals surface area contributed by atoms with Crippen molar-refractivity contribution >= 4 is 15.9 Å². The van der Waals surface area contributed by atoms with Crippen LogP contribution in [-0.2, 0) is 0 Å². The lowest BCUT2D eigenvalue weighted by Gasteiger charge is -2.14. The summed E-state index contributed by atoms with van der Waals surface area (Å²) in [5.41, 5.74) is 1.21. The van der Waals surface area contributed by atoms with Crippen LogP contribution in [0.25, 0.3) is 0 Å². The van der Waals surface area contributed by atoms with Crippen LogP contribution in [0.2, 0.25) is 0 Å². The van der Waals surface area contributed by atoms with Crippen LogP contribution in [0.1, 0.15) is 25.5 Å². The average molecular weight is 288 g/mol. The molecule has 90 valence electrons. The summed E-state index contributed by atoms with van der Waals surface area (Å²) in [6.07, 6.45) is 0. The molecular formula is C12H18BrNO2. The molecule has 0 spiro atoms. The van der Waals surface area contributed by atoms with Crippen LogP contribution in [-0.4, -0.2) is 24.9 Å². The molecule has 3 nitrogen and oxygen atoms in total. The third kappa shape index (κ3) is 3.77. The highest BCUT2D eigenvalue weighted by Gasteiger charge is 2.07. The molecule has 4 heteroatoms. The Hall–Kier alpha value is -0.580. The highest BCUT2D eigenvalue weighted by atomic mass is 79.9. The lowest BCUT2D eigenvalue weighted by molar-refractivity contribution is 0.200. The van der Waals surface area contributed by atoms with E-state index in [-0.39, 0.29) is 6.61 Å². The Morgan fingerprint density at radius 1 is 1.50 bits per heavy atom. The highest BCUT2D eigenvalue weighted by Crippen LogP contribution is 2.28. The Bertz CT molecular complexity index is 331. The highest BCUT2D eigenvalue weighted by molar-refractivity contribution is 9.10. The molecule has 1 aromatic rings.